The molecule has 0 unspecified atom stereocenters. The number of aromatic nitrogens is 1. The Morgan fingerprint density at radius 3 is 2.38 bits per heavy atom. The molecule has 0 radical (unpaired) electrons. The second-order valence-corrected chi connectivity index (χ2v) is 8.96. The molecule has 1 saturated heterocycles. The van der Waals surface area contributed by atoms with E-state index >= 15 is 0 Å². The molecule has 5 nitrogen and oxygen atoms in total. The number of anilines is 1. The Morgan fingerprint density at radius 2 is 1.72 bits per heavy atom. The normalized spacial score (nSPS) is 15.8. The second kappa shape index (κ2) is 7.23. The fraction of sp³-hybridized carbons (Fsp3) is 0.263. The Kier molecular flexibility index (Phi) is 5.00. The predicted octanol–water partition coefficient (Wildman–Crippen LogP) is 3.96. The minimum atomic E-state index is -4.71. The number of hydrogen-bond acceptors (Lipinski definition) is 4. The third kappa shape index (κ3) is 3.58. The molecule has 1 aliphatic heterocycles. The van der Waals surface area contributed by atoms with Crippen molar-refractivity contribution in [3.63, 3.8) is 0 Å². The zero-order chi connectivity index (χ0) is 20.8. The van der Waals surface area contributed by atoms with Crippen LogP contribution in [0.25, 0.3) is 10.9 Å². The van der Waals surface area contributed by atoms with Crippen LogP contribution in [0.3, 0.4) is 0 Å². The van der Waals surface area contributed by atoms with Gasteiger partial charge >= 0.3 is 6.18 Å². The van der Waals surface area contributed by atoms with Gasteiger partial charge in [-0.15, -0.1) is 0 Å². The minimum Gasteiger partial charge on any atom is -0.368 e. The van der Waals surface area contributed by atoms with Crippen LogP contribution in [-0.4, -0.2) is 38.6 Å². The maximum atomic E-state index is 13.9. The van der Waals surface area contributed by atoms with Gasteiger partial charge in [0.1, 0.15) is 0 Å². The van der Waals surface area contributed by atoms with E-state index in [1.807, 2.05) is 4.90 Å². The largest absolute Gasteiger partial charge is 0.418 e. The molecule has 3 aromatic rings. The first-order chi connectivity index (χ1) is 13.7. The molecule has 1 N–H and O–H groups in total. The molecule has 1 fully saturated rings. The molecular weight excluding hydrogens is 427 g/mol. The highest BCUT2D eigenvalue weighted by Crippen LogP contribution is 2.42. The van der Waals surface area contributed by atoms with Crippen LogP contribution in [0.1, 0.15) is 5.56 Å². The molecular formula is C19H17ClF3N3O2S. The SMILES string of the molecule is O=S(=O)(c1cccc(Cl)c1)n1cc(C(F)(F)F)c2c(N3CCNCC3)cccc21. The van der Waals surface area contributed by atoms with Crippen molar-refractivity contribution in [2.75, 3.05) is 31.1 Å². The fourth-order valence-corrected chi connectivity index (χ4v) is 5.23. The molecule has 2 heterocycles. The number of nitrogens with zero attached hydrogens (tertiary/aromatic N) is 2. The third-order valence-electron chi connectivity index (χ3n) is 4.89. The van der Waals surface area contributed by atoms with E-state index in [1.54, 1.807) is 12.1 Å². The number of halogens is 4. The first-order valence-corrected chi connectivity index (χ1v) is 10.7. The molecule has 29 heavy (non-hydrogen) atoms. The molecule has 1 aromatic heterocycles. The molecule has 10 heteroatoms. The standard InChI is InChI=1S/C19H17ClF3N3O2S/c20-13-3-1-4-14(11-13)29(27,28)26-12-15(19(21,22)23)18-16(5-2-6-17(18)26)25-9-7-24-8-10-25/h1-6,11-12,24H,7-10H2. The van der Waals surface area contributed by atoms with E-state index in [9.17, 15) is 21.6 Å². The molecule has 154 valence electrons. The molecule has 2 aromatic carbocycles. The Labute approximate surface area is 170 Å². The van der Waals surface area contributed by atoms with Crippen molar-refractivity contribution in [3.8, 4) is 0 Å². The summed E-state index contributed by atoms with van der Waals surface area (Å²) >= 11 is 5.89. The monoisotopic (exact) mass is 443 g/mol. The van der Waals surface area contributed by atoms with Crippen molar-refractivity contribution < 1.29 is 21.6 Å². The van der Waals surface area contributed by atoms with Gasteiger partial charge in [-0.05, 0) is 30.3 Å². The average molecular weight is 444 g/mol. The first kappa shape index (κ1) is 20.1. The van der Waals surface area contributed by atoms with Crippen LogP contribution >= 0.6 is 11.6 Å². The van der Waals surface area contributed by atoms with Gasteiger partial charge in [0, 0.05) is 48.5 Å². The molecule has 0 spiro atoms. The van der Waals surface area contributed by atoms with Gasteiger partial charge < -0.3 is 10.2 Å². The number of fused-ring (bicyclic) bond motifs is 1. The third-order valence-corrected chi connectivity index (χ3v) is 6.79. The van der Waals surface area contributed by atoms with Crippen LogP contribution in [0.4, 0.5) is 18.9 Å². The van der Waals surface area contributed by atoms with E-state index in [2.05, 4.69) is 5.32 Å². The number of benzene rings is 2. The smallest absolute Gasteiger partial charge is 0.368 e. The van der Waals surface area contributed by atoms with E-state index in [-0.39, 0.29) is 20.8 Å². The van der Waals surface area contributed by atoms with Crippen molar-refractivity contribution in [2.45, 2.75) is 11.1 Å². The zero-order valence-corrected chi connectivity index (χ0v) is 16.7. The van der Waals surface area contributed by atoms with Gasteiger partial charge in [-0.25, -0.2) is 12.4 Å². The Hall–Kier alpha value is -2.23. The number of piperazine rings is 1. The lowest BCUT2D eigenvalue weighted by Gasteiger charge is -2.30. The summed E-state index contributed by atoms with van der Waals surface area (Å²) in [5.41, 5.74) is -0.628. The molecule has 0 aliphatic carbocycles. The van der Waals surface area contributed by atoms with Crippen molar-refractivity contribution >= 4 is 38.2 Å². The lowest BCUT2D eigenvalue weighted by atomic mass is 10.1. The number of rotatable bonds is 3. The van der Waals surface area contributed by atoms with Crippen LogP contribution in [0, 0.1) is 0 Å². The van der Waals surface area contributed by atoms with E-state index < -0.39 is 21.8 Å². The summed E-state index contributed by atoms with van der Waals surface area (Å²) in [7, 11) is -4.27. The molecule has 0 atom stereocenters. The number of nitrogens with one attached hydrogen (secondary N) is 1. The number of alkyl halides is 3. The van der Waals surface area contributed by atoms with Crippen molar-refractivity contribution in [2.24, 2.45) is 0 Å². The van der Waals surface area contributed by atoms with Gasteiger partial charge in [0.15, 0.2) is 0 Å². The Balaban J connectivity index is 1.99. The lowest BCUT2D eigenvalue weighted by Crippen LogP contribution is -2.43. The van der Waals surface area contributed by atoms with Crippen molar-refractivity contribution in [3.05, 3.63) is 59.2 Å². The van der Waals surface area contributed by atoms with Crippen LogP contribution in [0.2, 0.25) is 5.02 Å². The summed E-state index contributed by atoms with van der Waals surface area (Å²) in [6.45, 7) is 2.34. The van der Waals surface area contributed by atoms with Gasteiger partial charge in [0.25, 0.3) is 10.0 Å². The summed E-state index contributed by atoms with van der Waals surface area (Å²) in [5, 5.41) is 3.22. The van der Waals surface area contributed by atoms with Gasteiger partial charge in [-0.2, -0.15) is 13.2 Å². The highest BCUT2D eigenvalue weighted by Gasteiger charge is 2.38. The average Bonchev–Trinajstić information content (AvgIpc) is 3.10. The zero-order valence-electron chi connectivity index (χ0n) is 15.1. The fourth-order valence-electron chi connectivity index (χ4n) is 3.56. The van der Waals surface area contributed by atoms with Gasteiger partial charge in [-0.3, -0.25) is 0 Å². The quantitative estimate of drug-likeness (QED) is 0.665. The molecule has 0 bridgehead atoms. The van der Waals surface area contributed by atoms with E-state index in [1.165, 1.54) is 30.3 Å². The maximum absolute atomic E-state index is 13.9. The molecule has 0 amide bonds. The molecule has 1 aliphatic rings. The van der Waals surface area contributed by atoms with Crippen LogP contribution in [0.5, 0.6) is 0 Å². The topological polar surface area (TPSA) is 54.3 Å². The highest BCUT2D eigenvalue weighted by atomic mass is 35.5. The van der Waals surface area contributed by atoms with Gasteiger partial charge in [0.2, 0.25) is 0 Å². The first-order valence-electron chi connectivity index (χ1n) is 8.87. The second-order valence-electron chi connectivity index (χ2n) is 6.71. The summed E-state index contributed by atoms with van der Waals surface area (Å²) < 4.78 is 68.6. The van der Waals surface area contributed by atoms with E-state index in [4.69, 9.17) is 11.6 Å². The Morgan fingerprint density at radius 1 is 1.03 bits per heavy atom. The van der Waals surface area contributed by atoms with Gasteiger partial charge in [0.05, 0.1) is 16.0 Å². The van der Waals surface area contributed by atoms with Gasteiger partial charge in [-0.1, -0.05) is 23.7 Å². The summed E-state index contributed by atoms with van der Waals surface area (Å²) in [6.07, 6.45) is -4.05. The van der Waals surface area contributed by atoms with Crippen molar-refractivity contribution in [1.29, 1.82) is 0 Å². The molecule has 0 saturated carbocycles. The lowest BCUT2D eigenvalue weighted by molar-refractivity contribution is -0.136. The summed E-state index contributed by atoms with van der Waals surface area (Å²) in [6, 6.07) is 10.0. The minimum absolute atomic E-state index is 0.0201. The van der Waals surface area contributed by atoms with E-state index in [0.29, 0.717) is 42.0 Å². The maximum Gasteiger partial charge on any atom is 0.418 e. The summed E-state index contributed by atoms with van der Waals surface area (Å²) in [5.74, 6) is 0. The predicted molar refractivity (Wildman–Crippen MR) is 106 cm³/mol. The Bertz CT molecular complexity index is 1170. The van der Waals surface area contributed by atoms with Crippen LogP contribution in [-0.2, 0) is 16.2 Å². The molecule has 4 rings (SSSR count). The summed E-state index contributed by atoms with van der Waals surface area (Å²) in [4.78, 5) is 1.66. The number of hydrogen-bond donors (Lipinski definition) is 1. The van der Waals surface area contributed by atoms with Crippen LogP contribution < -0.4 is 10.2 Å². The highest BCUT2D eigenvalue weighted by molar-refractivity contribution is 7.90. The van der Waals surface area contributed by atoms with Crippen molar-refractivity contribution in [1.82, 2.24) is 9.29 Å². The van der Waals surface area contributed by atoms with Crippen LogP contribution in [0.15, 0.2) is 53.6 Å². The van der Waals surface area contributed by atoms with E-state index in [0.717, 1.165) is 0 Å².